The van der Waals surface area contributed by atoms with E-state index in [1.165, 1.54) is 17.7 Å². The van der Waals surface area contributed by atoms with Gasteiger partial charge in [-0.3, -0.25) is 14.9 Å². The highest BCUT2D eigenvalue weighted by Crippen LogP contribution is 2.25. The van der Waals surface area contributed by atoms with Crippen molar-refractivity contribution in [3.8, 4) is 0 Å². The van der Waals surface area contributed by atoms with E-state index in [9.17, 15) is 19.5 Å². The maximum absolute atomic E-state index is 13.3. The third-order valence-corrected chi connectivity index (χ3v) is 7.02. The Morgan fingerprint density at radius 2 is 1.88 bits per heavy atom. The van der Waals surface area contributed by atoms with Gasteiger partial charge < -0.3 is 20.1 Å². The Hall–Kier alpha value is -2.45. The number of carbonyl (C=O) groups excluding carboxylic acids is 2. The highest BCUT2D eigenvalue weighted by molar-refractivity contribution is 5.88. The van der Waals surface area contributed by atoms with Crippen LogP contribution < -0.4 is 10.6 Å². The van der Waals surface area contributed by atoms with E-state index in [0.717, 1.165) is 49.4 Å². The van der Waals surface area contributed by atoms with Gasteiger partial charge in [0, 0.05) is 13.0 Å². The standard InChI is InChI=1S/C26H39N3O5/c1-3-34-26(33)22(11-7-4-8-19-12-14-27-15-13-19)28-18(2)24(30)29-17-21-10-6-5-9-20(21)16-23(29)25(31)32/h5-6,9-10,18-19,22-23,27-28H,3-4,7-8,11-17H2,1-2H3,(H,31,32)/t18-,22-,23?/m0/s1. The lowest BCUT2D eigenvalue weighted by atomic mass is 9.91. The number of nitrogens with one attached hydrogen (secondary N) is 2. The fourth-order valence-corrected chi connectivity index (χ4v) is 5.06. The average Bonchev–Trinajstić information content (AvgIpc) is 2.85. The Balaban J connectivity index is 1.60. The molecule has 0 aliphatic carbocycles. The highest BCUT2D eigenvalue weighted by Gasteiger charge is 2.37. The monoisotopic (exact) mass is 473 g/mol. The molecule has 1 fully saturated rings. The summed E-state index contributed by atoms with van der Waals surface area (Å²) in [5.41, 5.74) is 1.91. The summed E-state index contributed by atoms with van der Waals surface area (Å²) in [6.07, 6.45) is 6.34. The van der Waals surface area contributed by atoms with Crippen molar-refractivity contribution in [1.29, 1.82) is 0 Å². The molecule has 8 heteroatoms. The first-order valence-electron chi connectivity index (χ1n) is 12.6. The molecule has 2 aliphatic heterocycles. The Kier molecular flexibility index (Phi) is 9.89. The van der Waals surface area contributed by atoms with E-state index in [-0.39, 0.29) is 31.4 Å². The lowest BCUT2D eigenvalue weighted by molar-refractivity contribution is -0.153. The van der Waals surface area contributed by atoms with Crippen LogP contribution in [0, 0.1) is 5.92 Å². The molecule has 3 atom stereocenters. The van der Waals surface area contributed by atoms with E-state index in [0.29, 0.717) is 6.42 Å². The second-order valence-electron chi connectivity index (χ2n) is 9.46. The minimum absolute atomic E-state index is 0.248. The van der Waals surface area contributed by atoms with Crippen LogP contribution in [0.2, 0.25) is 0 Å². The van der Waals surface area contributed by atoms with Crippen LogP contribution in [0.4, 0.5) is 0 Å². The summed E-state index contributed by atoms with van der Waals surface area (Å²) in [5, 5.41) is 16.3. The number of rotatable bonds is 11. The van der Waals surface area contributed by atoms with E-state index in [1.807, 2.05) is 24.3 Å². The Bertz CT molecular complexity index is 839. The van der Waals surface area contributed by atoms with Gasteiger partial charge in [-0.05, 0) is 63.2 Å². The molecule has 1 saturated heterocycles. The molecule has 0 radical (unpaired) electrons. The number of hydrogen-bond donors (Lipinski definition) is 3. The summed E-state index contributed by atoms with van der Waals surface area (Å²) in [6.45, 7) is 6.15. The van der Waals surface area contributed by atoms with Crippen molar-refractivity contribution < 1.29 is 24.2 Å². The summed E-state index contributed by atoms with van der Waals surface area (Å²) in [7, 11) is 0. The first-order chi connectivity index (χ1) is 16.4. The SMILES string of the molecule is CCOC(=O)[C@H](CCCCC1CCNCC1)N[C@@H](C)C(=O)N1Cc2ccccc2CC1C(=O)O. The number of carboxylic acid groups (broad SMARTS) is 1. The molecule has 2 aliphatic rings. The second-order valence-corrected chi connectivity index (χ2v) is 9.46. The van der Waals surface area contributed by atoms with Crippen molar-refractivity contribution in [3.05, 3.63) is 35.4 Å². The van der Waals surface area contributed by atoms with Gasteiger partial charge in [0.1, 0.15) is 12.1 Å². The molecule has 3 N–H and O–H groups in total. The number of benzene rings is 1. The summed E-state index contributed by atoms with van der Waals surface area (Å²) in [6, 6.07) is 5.40. The van der Waals surface area contributed by atoms with Gasteiger partial charge in [-0.1, -0.05) is 43.5 Å². The fourth-order valence-electron chi connectivity index (χ4n) is 5.06. The number of ether oxygens (including phenoxy) is 1. The first kappa shape index (κ1) is 26.2. The number of aliphatic carboxylic acids is 1. The molecule has 0 saturated carbocycles. The Morgan fingerprint density at radius 1 is 1.18 bits per heavy atom. The van der Waals surface area contributed by atoms with Crippen molar-refractivity contribution >= 4 is 17.8 Å². The van der Waals surface area contributed by atoms with E-state index in [1.54, 1.807) is 13.8 Å². The lowest BCUT2D eigenvalue weighted by Gasteiger charge is -2.36. The van der Waals surface area contributed by atoms with Crippen molar-refractivity contribution in [2.45, 2.75) is 83.5 Å². The molecule has 1 unspecified atom stereocenters. The van der Waals surface area contributed by atoms with E-state index in [2.05, 4.69) is 10.6 Å². The molecule has 34 heavy (non-hydrogen) atoms. The predicted octanol–water partition coefficient (Wildman–Crippen LogP) is 2.49. The van der Waals surface area contributed by atoms with Crippen LogP contribution in [0.25, 0.3) is 0 Å². The third-order valence-electron chi connectivity index (χ3n) is 7.02. The topological polar surface area (TPSA) is 108 Å². The van der Waals surface area contributed by atoms with Crippen molar-refractivity contribution in [3.63, 3.8) is 0 Å². The number of hydrogen-bond acceptors (Lipinski definition) is 6. The summed E-state index contributed by atoms with van der Waals surface area (Å²) < 4.78 is 5.25. The molecule has 0 aromatic heterocycles. The van der Waals surface area contributed by atoms with E-state index in [4.69, 9.17) is 4.74 Å². The van der Waals surface area contributed by atoms with Crippen LogP contribution >= 0.6 is 0 Å². The predicted molar refractivity (Wildman–Crippen MR) is 129 cm³/mol. The largest absolute Gasteiger partial charge is 0.480 e. The van der Waals surface area contributed by atoms with Gasteiger partial charge in [0.05, 0.1) is 12.6 Å². The van der Waals surface area contributed by atoms with Crippen molar-refractivity contribution in [1.82, 2.24) is 15.5 Å². The fraction of sp³-hybridized carbons (Fsp3) is 0.654. The van der Waals surface area contributed by atoms with Gasteiger partial charge >= 0.3 is 11.9 Å². The maximum atomic E-state index is 13.3. The molecule has 1 aromatic rings. The quantitative estimate of drug-likeness (QED) is 0.335. The Labute approximate surface area is 202 Å². The van der Waals surface area contributed by atoms with Crippen LogP contribution in [0.1, 0.15) is 63.5 Å². The molecular formula is C26H39N3O5. The number of unbranched alkanes of at least 4 members (excludes halogenated alkanes) is 1. The zero-order valence-corrected chi connectivity index (χ0v) is 20.4. The highest BCUT2D eigenvalue weighted by atomic mass is 16.5. The lowest BCUT2D eigenvalue weighted by Crippen LogP contribution is -2.56. The molecule has 188 valence electrons. The summed E-state index contributed by atoms with van der Waals surface area (Å²) in [5.74, 6) is -0.950. The van der Waals surface area contributed by atoms with Crippen molar-refractivity contribution in [2.24, 2.45) is 5.92 Å². The molecular weight excluding hydrogens is 434 g/mol. The molecule has 1 aromatic carbocycles. The van der Waals surface area contributed by atoms with Crippen LogP contribution in [0.5, 0.6) is 0 Å². The van der Waals surface area contributed by atoms with Gasteiger partial charge in [0.25, 0.3) is 0 Å². The Morgan fingerprint density at radius 3 is 2.56 bits per heavy atom. The van der Waals surface area contributed by atoms with Crippen molar-refractivity contribution in [2.75, 3.05) is 19.7 Å². The smallest absolute Gasteiger partial charge is 0.326 e. The minimum atomic E-state index is -1.02. The number of amides is 1. The number of carbonyl (C=O) groups is 3. The van der Waals surface area contributed by atoms with Gasteiger partial charge in [0.2, 0.25) is 5.91 Å². The zero-order chi connectivity index (χ0) is 24.5. The number of carboxylic acids is 1. The molecule has 8 nitrogen and oxygen atoms in total. The normalized spacial score (nSPS) is 20.3. The van der Waals surface area contributed by atoms with Crippen LogP contribution in [0.3, 0.4) is 0 Å². The number of fused-ring (bicyclic) bond motifs is 1. The maximum Gasteiger partial charge on any atom is 0.326 e. The van der Waals surface area contributed by atoms with Crippen LogP contribution in [-0.4, -0.2) is 65.7 Å². The molecule has 2 heterocycles. The summed E-state index contributed by atoms with van der Waals surface area (Å²) >= 11 is 0. The second kappa shape index (κ2) is 12.9. The molecule has 3 rings (SSSR count). The summed E-state index contributed by atoms with van der Waals surface area (Å²) in [4.78, 5) is 39.3. The number of esters is 1. The molecule has 1 amide bonds. The van der Waals surface area contributed by atoms with Gasteiger partial charge in [-0.25, -0.2) is 4.79 Å². The molecule has 0 spiro atoms. The third kappa shape index (κ3) is 7.03. The van der Waals surface area contributed by atoms with E-state index >= 15 is 0 Å². The minimum Gasteiger partial charge on any atom is -0.480 e. The number of piperidine rings is 1. The van der Waals surface area contributed by atoms with Crippen LogP contribution in [0.15, 0.2) is 24.3 Å². The number of nitrogens with zero attached hydrogens (tertiary/aromatic N) is 1. The van der Waals surface area contributed by atoms with Gasteiger partial charge in [0.15, 0.2) is 0 Å². The van der Waals surface area contributed by atoms with E-state index < -0.39 is 24.1 Å². The first-order valence-corrected chi connectivity index (χ1v) is 12.6. The van der Waals surface area contributed by atoms with Gasteiger partial charge in [-0.15, -0.1) is 0 Å². The zero-order valence-electron chi connectivity index (χ0n) is 20.4. The molecule has 0 bridgehead atoms. The van der Waals surface area contributed by atoms with Crippen LogP contribution in [-0.2, 0) is 32.1 Å². The van der Waals surface area contributed by atoms with Gasteiger partial charge in [-0.2, -0.15) is 0 Å². The average molecular weight is 474 g/mol.